The van der Waals surface area contributed by atoms with Crippen LogP contribution < -0.4 is 0 Å². The maximum Gasteiger partial charge on any atom is 0.307 e. The molecule has 0 amide bonds. The molecule has 0 aliphatic heterocycles. The fraction of sp³-hybridized carbons (Fsp3) is 0.871. The van der Waals surface area contributed by atoms with E-state index in [1.807, 2.05) is 0 Å². The number of rotatable bonds is 27. The number of esters is 1. The summed E-state index contributed by atoms with van der Waals surface area (Å²) in [5.41, 5.74) is 0. The van der Waals surface area contributed by atoms with Crippen LogP contribution in [0.15, 0.2) is 12.2 Å². The van der Waals surface area contributed by atoms with Crippen LogP contribution in [0.5, 0.6) is 0 Å². The number of hydrogen-bond acceptors (Lipinski definition) is 3. The van der Waals surface area contributed by atoms with Gasteiger partial charge in [0, 0.05) is 6.42 Å². The number of carboxylic acids is 1. The summed E-state index contributed by atoms with van der Waals surface area (Å²) in [6.07, 6.45) is 31.3. The highest BCUT2D eigenvalue weighted by Crippen LogP contribution is 2.15. The van der Waals surface area contributed by atoms with Gasteiger partial charge in [-0.1, -0.05) is 122 Å². The molecule has 0 saturated carbocycles. The van der Waals surface area contributed by atoms with Crippen LogP contribution >= 0.6 is 0 Å². The van der Waals surface area contributed by atoms with Gasteiger partial charge in [-0.2, -0.15) is 0 Å². The molecule has 1 N–H and O–H groups in total. The molecule has 0 fully saturated rings. The van der Waals surface area contributed by atoms with Gasteiger partial charge in [-0.25, -0.2) is 0 Å². The standard InChI is InChI=1S/C31H58O4/c1-3-5-7-9-10-11-12-13-14-15-16-17-18-19-20-21-22-23-25-27-31(34)35-29(28-30(32)33)26-24-8-6-4-2/h13-14,29H,3-12,15-28H2,1-2H3,(H,32,33)/b14-13-. The predicted octanol–water partition coefficient (Wildman–Crippen LogP) is 9.94. The average Bonchev–Trinajstić information content (AvgIpc) is 2.82. The largest absolute Gasteiger partial charge is 0.481 e. The molecular formula is C31H58O4. The molecule has 1 atom stereocenters. The molecule has 0 aromatic rings. The lowest BCUT2D eigenvalue weighted by molar-refractivity contribution is -0.153. The number of aliphatic carboxylic acids is 1. The van der Waals surface area contributed by atoms with Crippen molar-refractivity contribution in [1.29, 1.82) is 0 Å². The van der Waals surface area contributed by atoms with E-state index >= 15 is 0 Å². The van der Waals surface area contributed by atoms with Crippen LogP contribution in [0.4, 0.5) is 0 Å². The quantitative estimate of drug-likeness (QED) is 0.0701. The van der Waals surface area contributed by atoms with E-state index in [0.29, 0.717) is 12.8 Å². The summed E-state index contributed by atoms with van der Waals surface area (Å²) in [5, 5.41) is 9.05. The smallest absolute Gasteiger partial charge is 0.307 e. The van der Waals surface area contributed by atoms with Crippen LogP contribution in [0.3, 0.4) is 0 Å². The number of hydrogen-bond donors (Lipinski definition) is 1. The molecule has 0 bridgehead atoms. The van der Waals surface area contributed by atoms with E-state index in [4.69, 9.17) is 9.84 Å². The topological polar surface area (TPSA) is 63.6 Å². The Labute approximate surface area is 217 Å². The Morgan fingerprint density at radius 1 is 0.629 bits per heavy atom. The van der Waals surface area contributed by atoms with Crippen LogP contribution in [-0.2, 0) is 14.3 Å². The van der Waals surface area contributed by atoms with E-state index in [0.717, 1.165) is 38.5 Å². The molecule has 0 aliphatic carbocycles. The zero-order valence-electron chi connectivity index (χ0n) is 23.4. The number of carbonyl (C=O) groups excluding carboxylic acids is 1. The van der Waals surface area contributed by atoms with Crippen molar-refractivity contribution >= 4 is 11.9 Å². The minimum atomic E-state index is -0.891. The van der Waals surface area contributed by atoms with Crippen molar-refractivity contribution in [3.05, 3.63) is 12.2 Å². The van der Waals surface area contributed by atoms with Gasteiger partial charge in [0.15, 0.2) is 0 Å². The predicted molar refractivity (Wildman–Crippen MR) is 149 cm³/mol. The molecule has 0 saturated heterocycles. The van der Waals surface area contributed by atoms with E-state index in [9.17, 15) is 9.59 Å². The molecule has 0 aromatic heterocycles. The molecule has 4 nitrogen and oxygen atoms in total. The van der Waals surface area contributed by atoms with E-state index in [1.165, 1.54) is 96.3 Å². The molecule has 0 spiro atoms. The highest BCUT2D eigenvalue weighted by Gasteiger charge is 2.17. The number of allylic oxidation sites excluding steroid dienone is 2. The van der Waals surface area contributed by atoms with Gasteiger partial charge in [0.1, 0.15) is 6.10 Å². The fourth-order valence-corrected chi connectivity index (χ4v) is 4.49. The first-order valence-corrected chi connectivity index (χ1v) is 15.2. The molecule has 0 aliphatic rings. The maximum atomic E-state index is 12.1. The summed E-state index contributed by atoms with van der Waals surface area (Å²) >= 11 is 0. The molecule has 1 unspecified atom stereocenters. The van der Waals surface area contributed by atoms with Gasteiger partial charge in [-0.3, -0.25) is 9.59 Å². The molecule has 35 heavy (non-hydrogen) atoms. The zero-order valence-corrected chi connectivity index (χ0v) is 23.4. The SMILES string of the molecule is CCCCCCCC/C=C\CCCCCCCCCCCC(=O)OC(CCCCCC)CC(=O)O. The third kappa shape index (κ3) is 27.1. The van der Waals surface area contributed by atoms with Crippen molar-refractivity contribution in [2.24, 2.45) is 0 Å². The van der Waals surface area contributed by atoms with Crippen LogP contribution in [0.1, 0.15) is 168 Å². The number of carboxylic acid groups (broad SMARTS) is 1. The second kappa shape index (κ2) is 27.3. The molecule has 206 valence electrons. The molecule has 0 rings (SSSR count). The Bertz CT molecular complexity index is 500. The summed E-state index contributed by atoms with van der Waals surface area (Å²) < 4.78 is 5.45. The van der Waals surface area contributed by atoms with Crippen LogP contribution in [-0.4, -0.2) is 23.1 Å². The van der Waals surface area contributed by atoms with Gasteiger partial charge < -0.3 is 9.84 Å². The second-order valence-electron chi connectivity index (χ2n) is 10.3. The van der Waals surface area contributed by atoms with Crippen LogP contribution in [0, 0.1) is 0 Å². The van der Waals surface area contributed by atoms with Crippen molar-refractivity contribution in [1.82, 2.24) is 0 Å². The average molecular weight is 495 g/mol. The van der Waals surface area contributed by atoms with Gasteiger partial charge in [0.2, 0.25) is 0 Å². The fourth-order valence-electron chi connectivity index (χ4n) is 4.49. The van der Waals surface area contributed by atoms with Crippen LogP contribution in [0.25, 0.3) is 0 Å². The third-order valence-corrected chi connectivity index (χ3v) is 6.72. The van der Waals surface area contributed by atoms with Crippen molar-refractivity contribution in [3.8, 4) is 0 Å². The van der Waals surface area contributed by atoms with Gasteiger partial charge >= 0.3 is 11.9 Å². The molecule has 0 radical (unpaired) electrons. The Kier molecular flexibility index (Phi) is 26.2. The lowest BCUT2D eigenvalue weighted by Crippen LogP contribution is -2.21. The molecule has 0 aromatic carbocycles. The summed E-state index contributed by atoms with van der Waals surface area (Å²) in [6.45, 7) is 4.42. The number of carbonyl (C=O) groups is 2. The Hall–Kier alpha value is -1.32. The summed E-state index contributed by atoms with van der Waals surface area (Å²) in [6, 6.07) is 0. The van der Waals surface area contributed by atoms with Crippen LogP contribution in [0.2, 0.25) is 0 Å². The molecular weight excluding hydrogens is 436 g/mol. The highest BCUT2D eigenvalue weighted by atomic mass is 16.5. The first kappa shape index (κ1) is 33.7. The number of ether oxygens (including phenoxy) is 1. The number of unbranched alkanes of at least 4 members (excludes halogenated alkanes) is 18. The van der Waals surface area contributed by atoms with Crippen molar-refractivity contribution in [2.75, 3.05) is 0 Å². The summed E-state index contributed by atoms with van der Waals surface area (Å²) in [5.74, 6) is -1.12. The maximum absolute atomic E-state index is 12.1. The van der Waals surface area contributed by atoms with Gasteiger partial charge in [-0.15, -0.1) is 0 Å². The van der Waals surface area contributed by atoms with Gasteiger partial charge in [0.25, 0.3) is 0 Å². The van der Waals surface area contributed by atoms with E-state index in [-0.39, 0.29) is 12.4 Å². The van der Waals surface area contributed by atoms with Crippen molar-refractivity contribution in [3.63, 3.8) is 0 Å². The Balaban J connectivity index is 3.50. The Morgan fingerprint density at radius 3 is 1.54 bits per heavy atom. The zero-order chi connectivity index (χ0) is 25.8. The molecule has 0 heterocycles. The lowest BCUT2D eigenvalue weighted by atomic mass is 10.1. The van der Waals surface area contributed by atoms with Crippen molar-refractivity contribution in [2.45, 2.75) is 174 Å². The highest BCUT2D eigenvalue weighted by molar-refractivity contribution is 5.71. The van der Waals surface area contributed by atoms with E-state index < -0.39 is 12.1 Å². The first-order chi connectivity index (χ1) is 17.1. The second-order valence-corrected chi connectivity index (χ2v) is 10.3. The minimum Gasteiger partial charge on any atom is -0.481 e. The van der Waals surface area contributed by atoms with Gasteiger partial charge in [0.05, 0.1) is 6.42 Å². The van der Waals surface area contributed by atoms with Crippen molar-refractivity contribution < 1.29 is 19.4 Å². The first-order valence-electron chi connectivity index (χ1n) is 15.2. The third-order valence-electron chi connectivity index (χ3n) is 6.72. The molecule has 4 heteroatoms. The summed E-state index contributed by atoms with van der Waals surface area (Å²) in [4.78, 5) is 23.1. The summed E-state index contributed by atoms with van der Waals surface area (Å²) in [7, 11) is 0. The lowest BCUT2D eigenvalue weighted by Gasteiger charge is -2.16. The Morgan fingerprint density at radius 2 is 1.06 bits per heavy atom. The van der Waals surface area contributed by atoms with E-state index in [2.05, 4.69) is 26.0 Å². The minimum absolute atomic E-state index is 0.0760. The monoisotopic (exact) mass is 494 g/mol. The van der Waals surface area contributed by atoms with Gasteiger partial charge in [-0.05, 0) is 44.9 Å². The van der Waals surface area contributed by atoms with E-state index in [1.54, 1.807) is 0 Å². The normalized spacial score (nSPS) is 12.3.